The minimum Gasteiger partial charge on any atom is -0.459 e. The maximum atomic E-state index is 6.10. The van der Waals surface area contributed by atoms with Gasteiger partial charge in [0, 0.05) is 10.9 Å². The van der Waals surface area contributed by atoms with Crippen molar-refractivity contribution in [2.24, 2.45) is 5.92 Å². The van der Waals surface area contributed by atoms with Gasteiger partial charge in [-0.05, 0) is 49.4 Å². The van der Waals surface area contributed by atoms with E-state index in [2.05, 4.69) is 51.2 Å². The van der Waals surface area contributed by atoms with Crippen molar-refractivity contribution in [2.45, 2.75) is 59.9 Å². The summed E-state index contributed by atoms with van der Waals surface area (Å²) in [6, 6.07) is 6.72. The quantitative estimate of drug-likeness (QED) is 0.732. The number of fused-ring (bicyclic) bond motifs is 1. The average molecular weight is 287 g/mol. The van der Waals surface area contributed by atoms with Crippen LogP contribution < -0.4 is 5.32 Å². The van der Waals surface area contributed by atoms with Crippen molar-refractivity contribution >= 4 is 11.0 Å². The molecule has 1 aromatic heterocycles. The highest BCUT2D eigenvalue weighted by molar-refractivity contribution is 5.83. The Morgan fingerprint density at radius 2 is 2.00 bits per heavy atom. The first-order valence-electron chi connectivity index (χ1n) is 8.39. The Morgan fingerprint density at radius 1 is 1.19 bits per heavy atom. The van der Waals surface area contributed by atoms with Crippen molar-refractivity contribution in [1.29, 1.82) is 0 Å². The molecule has 0 aliphatic heterocycles. The predicted octanol–water partition coefficient (Wildman–Crippen LogP) is 5.08. The topological polar surface area (TPSA) is 25.2 Å². The highest BCUT2D eigenvalue weighted by Gasteiger charge is 2.15. The Morgan fingerprint density at radius 3 is 2.67 bits per heavy atom. The Labute approximate surface area is 128 Å². The van der Waals surface area contributed by atoms with Crippen molar-refractivity contribution < 1.29 is 4.42 Å². The molecule has 1 aromatic carbocycles. The van der Waals surface area contributed by atoms with Gasteiger partial charge in [-0.1, -0.05) is 40.2 Å². The van der Waals surface area contributed by atoms with E-state index in [9.17, 15) is 0 Å². The number of unbranched alkanes of at least 4 members (excludes halogenated alkanes) is 1. The second kappa shape index (κ2) is 7.65. The van der Waals surface area contributed by atoms with Crippen LogP contribution in [0.1, 0.15) is 57.4 Å². The third-order valence-electron chi connectivity index (χ3n) is 3.91. The molecule has 2 aromatic rings. The lowest BCUT2D eigenvalue weighted by molar-refractivity contribution is 0.506. The van der Waals surface area contributed by atoms with Gasteiger partial charge in [0.1, 0.15) is 11.3 Å². The molecule has 2 nitrogen and oxygen atoms in total. The summed E-state index contributed by atoms with van der Waals surface area (Å²) < 4.78 is 6.10. The second-order valence-electron chi connectivity index (χ2n) is 6.32. The van der Waals surface area contributed by atoms with Crippen molar-refractivity contribution in [3.8, 4) is 0 Å². The number of hydrogen-bond acceptors (Lipinski definition) is 2. The van der Waals surface area contributed by atoms with Gasteiger partial charge in [0.05, 0.1) is 6.54 Å². The highest BCUT2D eigenvalue weighted by Crippen LogP contribution is 2.29. The first-order valence-corrected chi connectivity index (χ1v) is 8.39. The minimum absolute atomic E-state index is 0.644. The molecule has 116 valence electrons. The van der Waals surface area contributed by atoms with Crippen LogP contribution in [-0.2, 0) is 19.4 Å². The normalized spacial score (nSPS) is 11.7. The highest BCUT2D eigenvalue weighted by atomic mass is 16.3. The standard InChI is InChI=1S/C19H29NO/c1-5-7-8-15-9-10-18-17(12-15)16(11-14(3)4)19(21-18)13-20-6-2/h9-10,12,14,20H,5-8,11,13H2,1-4H3. The molecule has 0 aliphatic carbocycles. The molecule has 0 saturated carbocycles. The Bertz CT molecular complexity index is 568. The van der Waals surface area contributed by atoms with Crippen LogP contribution in [0.25, 0.3) is 11.0 Å². The molecule has 0 fully saturated rings. The summed E-state index contributed by atoms with van der Waals surface area (Å²) in [6.45, 7) is 10.7. The SMILES string of the molecule is CCCCc1ccc2oc(CNCC)c(CC(C)C)c2c1. The summed E-state index contributed by atoms with van der Waals surface area (Å²) in [4.78, 5) is 0. The van der Waals surface area contributed by atoms with Gasteiger partial charge >= 0.3 is 0 Å². The molecular weight excluding hydrogens is 258 g/mol. The zero-order valence-electron chi connectivity index (χ0n) is 14.0. The lowest BCUT2D eigenvalue weighted by atomic mass is 9.97. The van der Waals surface area contributed by atoms with Crippen LogP contribution >= 0.6 is 0 Å². The van der Waals surface area contributed by atoms with Gasteiger partial charge < -0.3 is 9.73 Å². The first-order chi connectivity index (χ1) is 10.2. The molecule has 0 atom stereocenters. The van der Waals surface area contributed by atoms with Crippen LogP contribution in [0.4, 0.5) is 0 Å². The molecule has 1 heterocycles. The number of rotatable bonds is 8. The third kappa shape index (κ3) is 4.10. The molecule has 0 spiro atoms. The van der Waals surface area contributed by atoms with E-state index in [0.717, 1.165) is 30.9 Å². The fourth-order valence-electron chi connectivity index (χ4n) is 2.80. The van der Waals surface area contributed by atoms with Gasteiger partial charge in [-0.15, -0.1) is 0 Å². The van der Waals surface area contributed by atoms with Gasteiger partial charge in [0.25, 0.3) is 0 Å². The molecule has 0 amide bonds. The van der Waals surface area contributed by atoms with Gasteiger partial charge in [-0.3, -0.25) is 0 Å². The van der Waals surface area contributed by atoms with Crippen molar-refractivity contribution in [3.63, 3.8) is 0 Å². The second-order valence-corrected chi connectivity index (χ2v) is 6.32. The molecule has 0 saturated heterocycles. The van der Waals surface area contributed by atoms with Crippen LogP contribution in [-0.4, -0.2) is 6.54 Å². The molecular formula is C19H29NO. The molecule has 0 bridgehead atoms. The van der Waals surface area contributed by atoms with Crippen LogP contribution in [0, 0.1) is 5.92 Å². The van der Waals surface area contributed by atoms with Crippen LogP contribution in [0.15, 0.2) is 22.6 Å². The number of benzene rings is 1. The van der Waals surface area contributed by atoms with Crippen LogP contribution in [0.3, 0.4) is 0 Å². The van der Waals surface area contributed by atoms with Crippen molar-refractivity contribution in [3.05, 3.63) is 35.1 Å². The molecule has 0 radical (unpaired) electrons. The van der Waals surface area contributed by atoms with E-state index in [1.165, 1.54) is 35.8 Å². The molecule has 0 aliphatic rings. The lowest BCUT2D eigenvalue weighted by Gasteiger charge is -2.07. The molecule has 21 heavy (non-hydrogen) atoms. The Balaban J connectivity index is 2.38. The number of hydrogen-bond donors (Lipinski definition) is 1. The van der Waals surface area contributed by atoms with Crippen LogP contribution in [0.2, 0.25) is 0 Å². The van der Waals surface area contributed by atoms with Gasteiger partial charge in [-0.25, -0.2) is 0 Å². The zero-order valence-corrected chi connectivity index (χ0v) is 14.0. The first kappa shape index (κ1) is 16.1. The summed E-state index contributed by atoms with van der Waals surface area (Å²) in [7, 11) is 0. The number of nitrogens with one attached hydrogen (secondary N) is 1. The summed E-state index contributed by atoms with van der Waals surface area (Å²) >= 11 is 0. The van der Waals surface area contributed by atoms with E-state index in [1.54, 1.807) is 0 Å². The van der Waals surface area contributed by atoms with Crippen LogP contribution in [0.5, 0.6) is 0 Å². The fraction of sp³-hybridized carbons (Fsp3) is 0.579. The van der Waals surface area contributed by atoms with E-state index in [1.807, 2.05) is 0 Å². The largest absolute Gasteiger partial charge is 0.459 e. The van der Waals surface area contributed by atoms with Gasteiger partial charge in [0.15, 0.2) is 0 Å². The molecule has 0 unspecified atom stereocenters. The lowest BCUT2D eigenvalue weighted by Crippen LogP contribution is -2.12. The van der Waals surface area contributed by atoms with Gasteiger partial charge in [0.2, 0.25) is 0 Å². The van der Waals surface area contributed by atoms with E-state index >= 15 is 0 Å². The molecule has 2 heteroatoms. The summed E-state index contributed by atoms with van der Waals surface area (Å²) in [5, 5.41) is 4.72. The predicted molar refractivity (Wildman–Crippen MR) is 90.7 cm³/mol. The summed E-state index contributed by atoms with van der Waals surface area (Å²) in [5.41, 5.74) is 3.88. The van der Waals surface area contributed by atoms with E-state index in [4.69, 9.17) is 4.42 Å². The number of aryl methyl sites for hydroxylation is 1. The minimum atomic E-state index is 0.644. The zero-order chi connectivity index (χ0) is 15.2. The fourth-order valence-corrected chi connectivity index (χ4v) is 2.80. The smallest absolute Gasteiger partial charge is 0.134 e. The van der Waals surface area contributed by atoms with E-state index in [-0.39, 0.29) is 0 Å². The third-order valence-corrected chi connectivity index (χ3v) is 3.91. The summed E-state index contributed by atoms with van der Waals surface area (Å²) in [5.74, 6) is 1.76. The molecule has 1 N–H and O–H groups in total. The Kier molecular flexibility index (Phi) is 5.86. The Hall–Kier alpha value is -1.28. The van der Waals surface area contributed by atoms with Gasteiger partial charge in [-0.2, -0.15) is 0 Å². The summed E-state index contributed by atoms with van der Waals surface area (Å²) in [6.07, 6.45) is 4.76. The maximum Gasteiger partial charge on any atom is 0.134 e. The van der Waals surface area contributed by atoms with E-state index in [0.29, 0.717) is 5.92 Å². The number of furan rings is 1. The average Bonchev–Trinajstić information content (AvgIpc) is 2.80. The van der Waals surface area contributed by atoms with Crippen molar-refractivity contribution in [1.82, 2.24) is 5.32 Å². The monoisotopic (exact) mass is 287 g/mol. The van der Waals surface area contributed by atoms with E-state index < -0.39 is 0 Å². The van der Waals surface area contributed by atoms with Crippen molar-refractivity contribution in [2.75, 3.05) is 6.54 Å². The molecule has 2 rings (SSSR count). The maximum absolute atomic E-state index is 6.10.